The van der Waals surface area contributed by atoms with Crippen LogP contribution in [-0.2, 0) is 0 Å². The molecule has 1 aromatic heterocycles. The molecule has 0 aliphatic rings. The number of fused-ring (bicyclic) bond motifs is 4. The van der Waals surface area contributed by atoms with E-state index in [0.717, 1.165) is 0 Å². The fourth-order valence-electron chi connectivity index (χ4n) is 3.69. The molecular formula is C23H17N. The Morgan fingerprint density at radius 3 is 2.33 bits per heavy atom. The highest BCUT2D eigenvalue weighted by molar-refractivity contribution is 6.09. The smallest absolute Gasteiger partial charge is 0.0471 e. The van der Waals surface area contributed by atoms with E-state index in [2.05, 4.69) is 90.8 Å². The lowest BCUT2D eigenvalue weighted by Gasteiger charge is -2.05. The zero-order chi connectivity index (χ0) is 16.1. The summed E-state index contributed by atoms with van der Waals surface area (Å²) >= 11 is 0. The molecule has 1 heterocycles. The third-order valence-corrected chi connectivity index (χ3v) is 4.91. The van der Waals surface area contributed by atoms with Gasteiger partial charge in [0, 0.05) is 21.8 Å². The Kier molecular flexibility index (Phi) is 2.77. The van der Waals surface area contributed by atoms with E-state index >= 15 is 0 Å². The van der Waals surface area contributed by atoms with Crippen LogP contribution in [0, 0.1) is 6.92 Å². The minimum absolute atomic E-state index is 1.20. The summed E-state index contributed by atoms with van der Waals surface area (Å²) in [5.74, 6) is 0. The Labute approximate surface area is 140 Å². The molecule has 1 N–H and O–H groups in total. The normalized spacial score (nSPS) is 11.5. The molecule has 0 saturated heterocycles. The maximum atomic E-state index is 3.57. The van der Waals surface area contributed by atoms with Crippen LogP contribution < -0.4 is 0 Å². The molecule has 0 saturated carbocycles. The molecule has 5 aromatic rings. The van der Waals surface area contributed by atoms with Crippen LogP contribution in [0.2, 0.25) is 0 Å². The van der Waals surface area contributed by atoms with Crippen molar-refractivity contribution >= 4 is 32.6 Å². The van der Waals surface area contributed by atoms with E-state index in [4.69, 9.17) is 0 Å². The quantitative estimate of drug-likeness (QED) is 0.366. The first-order valence-corrected chi connectivity index (χ1v) is 8.30. The van der Waals surface area contributed by atoms with E-state index in [1.54, 1.807) is 0 Å². The highest BCUT2D eigenvalue weighted by Gasteiger charge is 2.08. The lowest BCUT2D eigenvalue weighted by molar-refractivity contribution is 1.51. The second-order valence-corrected chi connectivity index (χ2v) is 6.44. The second kappa shape index (κ2) is 4.97. The van der Waals surface area contributed by atoms with Gasteiger partial charge in [-0.05, 0) is 52.6 Å². The van der Waals surface area contributed by atoms with Gasteiger partial charge in [-0.15, -0.1) is 0 Å². The van der Waals surface area contributed by atoms with Crippen LogP contribution >= 0.6 is 0 Å². The van der Waals surface area contributed by atoms with E-state index in [0.29, 0.717) is 0 Å². The first-order chi connectivity index (χ1) is 11.8. The topological polar surface area (TPSA) is 15.8 Å². The predicted molar refractivity (Wildman–Crippen MR) is 103 cm³/mol. The molecule has 4 aromatic carbocycles. The number of aromatic nitrogens is 1. The third kappa shape index (κ3) is 1.95. The molecule has 0 bridgehead atoms. The van der Waals surface area contributed by atoms with Crippen molar-refractivity contribution in [1.29, 1.82) is 0 Å². The Hall–Kier alpha value is -3.06. The van der Waals surface area contributed by atoms with Crippen molar-refractivity contribution in [3.8, 4) is 11.1 Å². The monoisotopic (exact) mass is 307 g/mol. The Balaban J connectivity index is 1.74. The molecule has 0 aliphatic heterocycles. The molecule has 0 amide bonds. The summed E-state index contributed by atoms with van der Waals surface area (Å²) in [6.07, 6.45) is 0. The van der Waals surface area contributed by atoms with Crippen LogP contribution in [0.15, 0.2) is 78.9 Å². The standard InChI is InChI=1S/C23H17N/c1-15-5-4-8-21-23(15)20-12-11-19(14-22(20)24-21)18-10-9-16-6-2-3-7-17(16)13-18/h2-14,24H,1H3. The van der Waals surface area contributed by atoms with Gasteiger partial charge in [0.15, 0.2) is 0 Å². The van der Waals surface area contributed by atoms with Gasteiger partial charge in [0.2, 0.25) is 0 Å². The van der Waals surface area contributed by atoms with Crippen LogP contribution in [0.25, 0.3) is 43.7 Å². The number of aromatic amines is 1. The number of rotatable bonds is 1. The molecular weight excluding hydrogens is 290 g/mol. The summed E-state index contributed by atoms with van der Waals surface area (Å²) in [4.78, 5) is 3.57. The highest BCUT2D eigenvalue weighted by Crippen LogP contribution is 2.32. The van der Waals surface area contributed by atoms with Gasteiger partial charge in [-0.1, -0.05) is 60.7 Å². The van der Waals surface area contributed by atoms with Gasteiger partial charge in [-0.3, -0.25) is 0 Å². The van der Waals surface area contributed by atoms with Gasteiger partial charge in [-0.25, -0.2) is 0 Å². The van der Waals surface area contributed by atoms with Crippen LogP contribution in [-0.4, -0.2) is 4.98 Å². The fourth-order valence-corrected chi connectivity index (χ4v) is 3.69. The zero-order valence-corrected chi connectivity index (χ0v) is 13.5. The van der Waals surface area contributed by atoms with Gasteiger partial charge in [0.1, 0.15) is 0 Å². The summed E-state index contributed by atoms with van der Waals surface area (Å²) in [7, 11) is 0. The average molecular weight is 307 g/mol. The Bertz CT molecular complexity index is 1210. The Morgan fingerprint density at radius 2 is 1.42 bits per heavy atom. The summed E-state index contributed by atoms with van der Waals surface area (Å²) in [6, 6.07) is 28.3. The number of benzene rings is 4. The van der Waals surface area contributed by atoms with Gasteiger partial charge in [0.25, 0.3) is 0 Å². The number of hydrogen-bond donors (Lipinski definition) is 1. The number of H-pyrrole nitrogens is 1. The zero-order valence-electron chi connectivity index (χ0n) is 13.5. The fraction of sp³-hybridized carbons (Fsp3) is 0.0435. The average Bonchev–Trinajstić information content (AvgIpc) is 3.00. The molecule has 0 atom stereocenters. The van der Waals surface area contributed by atoms with Gasteiger partial charge < -0.3 is 4.98 Å². The summed E-state index contributed by atoms with van der Waals surface area (Å²) in [5, 5.41) is 5.19. The molecule has 114 valence electrons. The van der Waals surface area contributed by atoms with Crippen molar-refractivity contribution in [3.05, 3.63) is 84.4 Å². The number of nitrogens with one attached hydrogen (secondary N) is 1. The molecule has 0 aliphatic carbocycles. The maximum absolute atomic E-state index is 3.57. The van der Waals surface area contributed by atoms with Crippen molar-refractivity contribution in [2.75, 3.05) is 0 Å². The van der Waals surface area contributed by atoms with Crippen molar-refractivity contribution < 1.29 is 0 Å². The van der Waals surface area contributed by atoms with E-state index in [1.165, 1.54) is 49.3 Å². The summed E-state index contributed by atoms with van der Waals surface area (Å²) in [6.45, 7) is 2.17. The number of hydrogen-bond acceptors (Lipinski definition) is 0. The van der Waals surface area contributed by atoms with Gasteiger partial charge in [0.05, 0.1) is 0 Å². The maximum Gasteiger partial charge on any atom is 0.0471 e. The van der Waals surface area contributed by atoms with E-state index < -0.39 is 0 Å². The van der Waals surface area contributed by atoms with Crippen molar-refractivity contribution in [3.63, 3.8) is 0 Å². The Morgan fingerprint density at radius 1 is 0.625 bits per heavy atom. The number of aryl methyl sites for hydroxylation is 1. The van der Waals surface area contributed by atoms with Crippen molar-refractivity contribution in [1.82, 2.24) is 4.98 Å². The lowest BCUT2D eigenvalue weighted by Crippen LogP contribution is -1.80. The molecule has 5 rings (SSSR count). The van der Waals surface area contributed by atoms with Gasteiger partial charge >= 0.3 is 0 Å². The SMILES string of the molecule is Cc1cccc2[nH]c3cc(-c4ccc5ccccc5c4)ccc3c12. The van der Waals surface area contributed by atoms with Crippen LogP contribution in [0.3, 0.4) is 0 Å². The van der Waals surface area contributed by atoms with Crippen LogP contribution in [0.5, 0.6) is 0 Å². The van der Waals surface area contributed by atoms with E-state index in [-0.39, 0.29) is 0 Å². The van der Waals surface area contributed by atoms with Crippen LogP contribution in [0.1, 0.15) is 5.56 Å². The first kappa shape index (κ1) is 13.4. The molecule has 24 heavy (non-hydrogen) atoms. The van der Waals surface area contributed by atoms with E-state index in [1.807, 2.05) is 0 Å². The molecule has 0 unspecified atom stereocenters. The third-order valence-electron chi connectivity index (χ3n) is 4.91. The molecule has 0 radical (unpaired) electrons. The molecule has 1 heteroatoms. The summed E-state index contributed by atoms with van der Waals surface area (Å²) < 4.78 is 0. The van der Waals surface area contributed by atoms with Gasteiger partial charge in [-0.2, -0.15) is 0 Å². The minimum Gasteiger partial charge on any atom is -0.354 e. The molecule has 0 fully saturated rings. The van der Waals surface area contributed by atoms with Crippen molar-refractivity contribution in [2.45, 2.75) is 6.92 Å². The highest BCUT2D eigenvalue weighted by atomic mass is 14.7. The predicted octanol–water partition coefficient (Wildman–Crippen LogP) is 6.45. The molecule has 1 nitrogen and oxygen atoms in total. The van der Waals surface area contributed by atoms with Crippen molar-refractivity contribution in [2.24, 2.45) is 0 Å². The minimum atomic E-state index is 1.20. The largest absolute Gasteiger partial charge is 0.354 e. The lowest BCUT2D eigenvalue weighted by atomic mass is 9.99. The first-order valence-electron chi connectivity index (χ1n) is 8.30. The van der Waals surface area contributed by atoms with Crippen LogP contribution in [0.4, 0.5) is 0 Å². The van der Waals surface area contributed by atoms with E-state index in [9.17, 15) is 0 Å². The summed E-state index contributed by atoms with van der Waals surface area (Å²) in [5.41, 5.74) is 6.23. The second-order valence-electron chi connectivity index (χ2n) is 6.44. The molecule has 0 spiro atoms.